The Morgan fingerprint density at radius 3 is 2.85 bits per heavy atom. The predicted octanol–water partition coefficient (Wildman–Crippen LogP) is 2.43. The molecular formula is C22H20N8O3. The van der Waals surface area contributed by atoms with Crippen molar-refractivity contribution in [3.05, 3.63) is 66.0 Å². The maximum atomic E-state index is 12.9. The van der Waals surface area contributed by atoms with Crippen LogP contribution in [0.15, 0.2) is 53.2 Å². The van der Waals surface area contributed by atoms with Gasteiger partial charge in [-0.3, -0.25) is 13.9 Å². The summed E-state index contributed by atoms with van der Waals surface area (Å²) in [4.78, 5) is 17.1. The monoisotopic (exact) mass is 444 g/mol. The molecule has 33 heavy (non-hydrogen) atoms. The minimum Gasteiger partial charge on any atom is -0.497 e. The molecule has 0 radical (unpaired) electrons. The summed E-state index contributed by atoms with van der Waals surface area (Å²) in [6, 6.07) is 12.9. The van der Waals surface area contributed by atoms with E-state index in [0.717, 1.165) is 11.3 Å². The first-order valence-electron chi connectivity index (χ1n) is 10.1. The van der Waals surface area contributed by atoms with Gasteiger partial charge in [0.1, 0.15) is 11.4 Å². The fourth-order valence-corrected chi connectivity index (χ4v) is 3.51. The molecule has 4 heterocycles. The zero-order chi connectivity index (χ0) is 22.9. The van der Waals surface area contributed by atoms with Gasteiger partial charge >= 0.3 is 0 Å². The molecule has 0 aliphatic heterocycles. The molecule has 4 aromatic heterocycles. The first-order valence-corrected chi connectivity index (χ1v) is 10.1. The summed E-state index contributed by atoms with van der Waals surface area (Å²) < 4.78 is 13.9. The van der Waals surface area contributed by atoms with Crippen LogP contribution in [0.2, 0.25) is 0 Å². The van der Waals surface area contributed by atoms with Gasteiger partial charge in [0.2, 0.25) is 0 Å². The molecule has 0 aliphatic rings. The molecule has 11 heteroatoms. The fourth-order valence-electron chi connectivity index (χ4n) is 3.51. The van der Waals surface area contributed by atoms with Crippen LogP contribution >= 0.6 is 0 Å². The summed E-state index contributed by atoms with van der Waals surface area (Å²) in [6.45, 7) is 1.92. The Hall–Kier alpha value is -4.54. The van der Waals surface area contributed by atoms with Crippen LogP contribution in [0.5, 0.6) is 5.75 Å². The molecule has 11 nitrogen and oxygen atoms in total. The Morgan fingerprint density at radius 2 is 2.06 bits per heavy atom. The third kappa shape index (κ3) is 3.80. The van der Waals surface area contributed by atoms with Gasteiger partial charge in [0, 0.05) is 18.8 Å². The second-order valence-electron chi connectivity index (χ2n) is 7.33. The van der Waals surface area contributed by atoms with Crippen LogP contribution in [0.4, 0.5) is 0 Å². The maximum Gasteiger partial charge on any atom is 0.269 e. The van der Waals surface area contributed by atoms with E-state index in [1.807, 2.05) is 42.6 Å². The number of hydrogen-bond donors (Lipinski definition) is 1. The second kappa shape index (κ2) is 8.19. The summed E-state index contributed by atoms with van der Waals surface area (Å²) >= 11 is 0. The Labute approximate surface area is 188 Å². The van der Waals surface area contributed by atoms with Gasteiger partial charge in [0.05, 0.1) is 24.9 Å². The number of carbonyl (C=O) groups excluding carboxylic acids is 1. The number of amides is 1. The van der Waals surface area contributed by atoms with Crippen molar-refractivity contribution in [3.8, 4) is 28.5 Å². The molecule has 1 aromatic carbocycles. The Bertz CT molecular complexity index is 1470. The number of pyridine rings is 1. The van der Waals surface area contributed by atoms with Gasteiger partial charge in [-0.15, -0.1) is 10.2 Å². The SMILES string of the molecule is COc1cccc(-c2cc(C(=O)NCc3nnc4c(-c5nc(C)no5)cccn34)n(C)n2)c1. The first-order chi connectivity index (χ1) is 16.0. The van der Waals surface area contributed by atoms with Crippen LogP contribution in [0.1, 0.15) is 22.1 Å². The lowest BCUT2D eigenvalue weighted by atomic mass is 10.1. The zero-order valence-corrected chi connectivity index (χ0v) is 18.2. The molecule has 0 spiro atoms. The summed E-state index contributed by atoms with van der Waals surface area (Å²) in [5.74, 6) is 1.90. The number of hydrogen-bond acceptors (Lipinski definition) is 8. The third-order valence-corrected chi connectivity index (χ3v) is 5.15. The summed E-state index contributed by atoms with van der Waals surface area (Å²) in [7, 11) is 3.33. The van der Waals surface area contributed by atoms with E-state index in [4.69, 9.17) is 9.26 Å². The molecule has 5 rings (SSSR count). The minimum absolute atomic E-state index is 0.173. The zero-order valence-electron chi connectivity index (χ0n) is 18.2. The topological polar surface area (TPSA) is 125 Å². The van der Waals surface area contributed by atoms with Crippen molar-refractivity contribution in [1.29, 1.82) is 0 Å². The van der Waals surface area contributed by atoms with Gasteiger partial charge in [-0.2, -0.15) is 10.1 Å². The molecule has 5 aromatic rings. The number of rotatable bonds is 6. The molecule has 166 valence electrons. The lowest BCUT2D eigenvalue weighted by Crippen LogP contribution is -2.26. The Morgan fingerprint density at radius 1 is 1.18 bits per heavy atom. The minimum atomic E-state index is -0.278. The van der Waals surface area contributed by atoms with Crippen LogP contribution in [-0.4, -0.2) is 47.5 Å². The number of methoxy groups -OCH3 is 1. The van der Waals surface area contributed by atoms with Gasteiger partial charge in [0.25, 0.3) is 11.8 Å². The molecule has 0 saturated heterocycles. The highest BCUT2D eigenvalue weighted by atomic mass is 16.5. The van der Waals surface area contributed by atoms with E-state index in [9.17, 15) is 4.79 Å². The van der Waals surface area contributed by atoms with E-state index in [-0.39, 0.29) is 12.5 Å². The first kappa shape index (κ1) is 20.4. The van der Waals surface area contributed by atoms with Crippen molar-refractivity contribution in [2.75, 3.05) is 7.11 Å². The summed E-state index contributed by atoms with van der Waals surface area (Å²) in [5, 5.41) is 19.6. The number of aromatic nitrogens is 7. The molecule has 0 aliphatic carbocycles. The maximum absolute atomic E-state index is 12.9. The highest BCUT2D eigenvalue weighted by molar-refractivity contribution is 5.93. The van der Waals surface area contributed by atoms with Crippen LogP contribution in [0.3, 0.4) is 0 Å². The van der Waals surface area contributed by atoms with Crippen molar-refractivity contribution < 1.29 is 14.1 Å². The smallest absolute Gasteiger partial charge is 0.269 e. The standard InChI is InChI=1S/C22H20N8O3/c1-13-24-22(33-28-13)16-8-5-9-30-19(25-26-20(16)30)12-23-21(31)18-11-17(27-29(18)2)14-6-4-7-15(10-14)32-3/h4-11H,12H2,1-3H3,(H,23,31). The number of carbonyl (C=O) groups is 1. The van der Waals surface area contributed by atoms with E-state index < -0.39 is 0 Å². The predicted molar refractivity (Wildman–Crippen MR) is 117 cm³/mol. The second-order valence-corrected chi connectivity index (χ2v) is 7.33. The number of ether oxygens (including phenoxy) is 1. The van der Waals surface area contributed by atoms with Crippen LogP contribution in [-0.2, 0) is 13.6 Å². The molecule has 1 N–H and O–H groups in total. The van der Waals surface area contributed by atoms with Crippen molar-refractivity contribution >= 4 is 11.6 Å². The van der Waals surface area contributed by atoms with E-state index >= 15 is 0 Å². The molecule has 0 saturated carbocycles. The summed E-state index contributed by atoms with van der Waals surface area (Å²) in [6.07, 6.45) is 1.81. The fraction of sp³-hybridized carbons (Fsp3) is 0.182. The molecule has 0 atom stereocenters. The largest absolute Gasteiger partial charge is 0.497 e. The van der Waals surface area contributed by atoms with Gasteiger partial charge in [-0.1, -0.05) is 17.3 Å². The van der Waals surface area contributed by atoms with Crippen LogP contribution in [0, 0.1) is 6.92 Å². The Kier molecular flexibility index (Phi) is 5.05. The van der Waals surface area contributed by atoms with Gasteiger partial charge in [-0.05, 0) is 37.3 Å². The highest BCUT2D eigenvalue weighted by Gasteiger charge is 2.18. The molecule has 0 bridgehead atoms. The average molecular weight is 444 g/mol. The Balaban J connectivity index is 1.36. The number of aryl methyl sites for hydroxylation is 2. The molecule has 0 unspecified atom stereocenters. The van der Waals surface area contributed by atoms with Gasteiger partial charge in [-0.25, -0.2) is 0 Å². The van der Waals surface area contributed by atoms with E-state index in [1.54, 1.807) is 36.2 Å². The van der Waals surface area contributed by atoms with Gasteiger partial charge in [0.15, 0.2) is 17.3 Å². The highest BCUT2D eigenvalue weighted by Crippen LogP contribution is 2.24. The normalized spacial score (nSPS) is 11.1. The van der Waals surface area contributed by atoms with Crippen molar-refractivity contribution in [1.82, 2.24) is 39.8 Å². The van der Waals surface area contributed by atoms with E-state index in [0.29, 0.717) is 40.1 Å². The van der Waals surface area contributed by atoms with Crippen molar-refractivity contribution in [2.45, 2.75) is 13.5 Å². The van der Waals surface area contributed by atoms with Gasteiger partial charge < -0.3 is 14.6 Å². The van der Waals surface area contributed by atoms with E-state index in [1.165, 1.54) is 0 Å². The van der Waals surface area contributed by atoms with Crippen molar-refractivity contribution in [2.24, 2.45) is 7.05 Å². The molecular weight excluding hydrogens is 424 g/mol. The molecule has 0 fully saturated rings. The lowest BCUT2D eigenvalue weighted by molar-refractivity contribution is 0.0940. The van der Waals surface area contributed by atoms with E-state index in [2.05, 4.69) is 30.8 Å². The third-order valence-electron chi connectivity index (χ3n) is 5.15. The number of nitrogens with zero attached hydrogens (tertiary/aromatic N) is 7. The number of fused-ring (bicyclic) bond motifs is 1. The summed E-state index contributed by atoms with van der Waals surface area (Å²) in [5.41, 5.74) is 3.18. The lowest BCUT2D eigenvalue weighted by Gasteiger charge is -2.05. The number of nitrogens with one attached hydrogen (secondary N) is 1. The number of benzene rings is 1. The van der Waals surface area contributed by atoms with Crippen molar-refractivity contribution in [3.63, 3.8) is 0 Å². The van der Waals surface area contributed by atoms with Crippen LogP contribution < -0.4 is 10.1 Å². The van der Waals surface area contributed by atoms with Crippen LogP contribution in [0.25, 0.3) is 28.4 Å². The molecule has 1 amide bonds. The quantitative estimate of drug-likeness (QED) is 0.423. The average Bonchev–Trinajstić information content (AvgIpc) is 3.55.